The molecule has 1 aliphatic rings. The van der Waals surface area contributed by atoms with Crippen LogP contribution in [0.15, 0.2) is 12.2 Å². The first kappa shape index (κ1) is 11.1. The molecule has 1 saturated heterocycles. The van der Waals surface area contributed by atoms with Crippen LogP contribution in [-0.4, -0.2) is 35.4 Å². The third kappa shape index (κ3) is 3.06. The maximum Gasteiger partial charge on any atom is 0.282 e. The lowest BCUT2D eigenvalue weighted by molar-refractivity contribution is -0.160. The fourth-order valence-electron chi connectivity index (χ4n) is 1.06. The van der Waals surface area contributed by atoms with Crippen LogP contribution in [0.2, 0.25) is 0 Å². The van der Waals surface area contributed by atoms with Gasteiger partial charge in [0.2, 0.25) is 5.91 Å². The molecule has 1 rings (SSSR count). The fraction of sp³-hybridized carbons (Fsp3) is 0.667. The van der Waals surface area contributed by atoms with Crippen LogP contribution in [0.4, 0.5) is 8.78 Å². The maximum atomic E-state index is 12.4. The number of hydrogen-bond donors (Lipinski definition) is 1. The van der Waals surface area contributed by atoms with Crippen molar-refractivity contribution >= 4 is 5.91 Å². The second kappa shape index (κ2) is 3.31. The highest BCUT2D eigenvalue weighted by atomic mass is 19.3. The predicted octanol–water partition coefficient (Wildman–Crippen LogP) is 0.757. The third-order valence-corrected chi connectivity index (χ3v) is 1.81. The minimum Gasteiger partial charge on any atom is -0.327 e. The normalized spacial score (nSPS) is 21.1. The van der Waals surface area contributed by atoms with Crippen molar-refractivity contribution in [3.05, 3.63) is 12.2 Å². The summed E-state index contributed by atoms with van der Waals surface area (Å²) < 4.78 is 24.8. The zero-order valence-electron chi connectivity index (χ0n) is 8.26. The van der Waals surface area contributed by atoms with Gasteiger partial charge in [0.25, 0.3) is 5.92 Å². The van der Waals surface area contributed by atoms with E-state index in [2.05, 4.69) is 0 Å². The van der Waals surface area contributed by atoms with Crippen LogP contribution < -0.4 is 5.73 Å². The van der Waals surface area contributed by atoms with Gasteiger partial charge in [-0.1, -0.05) is 6.08 Å². The van der Waals surface area contributed by atoms with Crippen molar-refractivity contribution in [1.82, 2.24) is 4.90 Å². The minimum absolute atomic E-state index is 0.408. The molecule has 0 radical (unpaired) electrons. The summed E-state index contributed by atoms with van der Waals surface area (Å²) in [7, 11) is 0. The van der Waals surface area contributed by atoms with E-state index in [-0.39, 0.29) is 0 Å². The Balaban J connectivity index is 2.42. The highest BCUT2D eigenvalue weighted by Gasteiger charge is 2.45. The number of alkyl halides is 2. The summed E-state index contributed by atoms with van der Waals surface area (Å²) in [5.74, 6) is -3.11. The lowest BCUT2D eigenvalue weighted by atomic mass is 10.1. The Hall–Kier alpha value is -0.970. The highest BCUT2D eigenvalue weighted by molar-refractivity contribution is 5.88. The van der Waals surface area contributed by atoms with E-state index in [0.717, 1.165) is 4.90 Å². The number of hydrogen-bond acceptors (Lipinski definition) is 2. The molecule has 0 saturated carbocycles. The monoisotopic (exact) mass is 204 g/mol. The van der Waals surface area contributed by atoms with Crippen molar-refractivity contribution in [3.8, 4) is 0 Å². The number of carbonyl (C=O) groups is 1. The van der Waals surface area contributed by atoms with E-state index in [4.69, 9.17) is 5.73 Å². The van der Waals surface area contributed by atoms with Crippen LogP contribution in [-0.2, 0) is 4.79 Å². The molecule has 0 aromatic heterocycles. The zero-order valence-corrected chi connectivity index (χ0v) is 8.26. The molecule has 0 bridgehead atoms. The fourth-order valence-corrected chi connectivity index (χ4v) is 1.06. The standard InChI is InChI=1S/C9H14F2N2O/c1-8(2,12)4-3-7(14)13-5-9(10,11)6-13/h3-4H,5-6,12H2,1-2H3/b4-3+. The van der Waals surface area contributed by atoms with Gasteiger partial charge in [-0.05, 0) is 13.8 Å². The van der Waals surface area contributed by atoms with Gasteiger partial charge in [0, 0.05) is 11.6 Å². The first-order valence-corrected chi connectivity index (χ1v) is 4.34. The Morgan fingerprint density at radius 1 is 1.50 bits per heavy atom. The van der Waals surface area contributed by atoms with E-state index < -0.39 is 30.5 Å². The lowest BCUT2D eigenvalue weighted by Gasteiger charge is -2.38. The first-order chi connectivity index (χ1) is 6.20. The Kier molecular flexibility index (Phi) is 2.63. The van der Waals surface area contributed by atoms with Crippen LogP contribution >= 0.6 is 0 Å². The van der Waals surface area contributed by atoms with Gasteiger partial charge in [-0.15, -0.1) is 0 Å². The Bertz CT molecular complexity index is 260. The maximum absolute atomic E-state index is 12.4. The van der Waals surface area contributed by atoms with Crippen molar-refractivity contribution in [2.45, 2.75) is 25.3 Å². The quantitative estimate of drug-likeness (QED) is 0.675. The molecule has 1 amide bonds. The van der Waals surface area contributed by atoms with E-state index in [1.807, 2.05) is 0 Å². The van der Waals surface area contributed by atoms with Gasteiger partial charge in [0.05, 0.1) is 13.1 Å². The summed E-state index contributed by atoms with van der Waals surface area (Å²) in [4.78, 5) is 12.3. The number of rotatable bonds is 2. The number of amides is 1. The largest absolute Gasteiger partial charge is 0.327 e. The second-order valence-electron chi connectivity index (χ2n) is 4.20. The Morgan fingerprint density at radius 3 is 2.36 bits per heavy atom. The van der Waals surface area contributed by atoms with E-state index in [1.54, 1.807) is 13.8 Å². The molecular formula is C9H14F2N2O. The summed E-state index contributed by atoms with van der Waals surface area (Å²) >= 11 is 0. The van der Waals surface area contributed by atoms with Gasteiger partial charge < -0.3 is 10.6 Å². The lowest BCUT2D eigenvalue weighted by Crippen LogP contribution is -2.58. The minimum atomic E-state index is -2.71. The molecular weight excluding hydrogens is 190 g/mol. The Labute approximate surface area is 81.6 Å². The molecule has 14 heavy (non-hydrogen) atoms. The van der Waals surface area contributed by atoms with Crippen LogP contribution in [0.1, 0.15) is 13.8 Å². The molecule has 1 heterocycles. The SMILES string of the molecule is CC(C)(N)/C=C/C(=O)N1CC(F)(F)C1. The highest BCUT2D eigenvalue weighted by Crippen LogP contribution is 2.26. The number of carbonyl (C=O) groups excluding carboxylic acids is 1. The molecule has 1 aliphatic heterocycles. The number of halogens is 2. The first-order valence-electron chi connectivity index (χ1n) is 4.34. The number of nitrogens with zero attached hydrogens (tertiary/aromatic N) is 1. The molecule has 5 heteroatoms. The van der Waals surface area contributed by atoms with Gasteiger partial charge >= 0.3 is 0 Å². The van der Waals surface area contributed by atoms with Crippen LogP contribution in [0.25, 0.3) is 0 Å². The average Bonchev–Trinajstić information content (AvgIpc) is 1.94. The topological polar surface area (TPSA) is 46.3 Å². The van der Waals surface area contributed by atoms with Crippen molar-refractivity contribution in [1.29, 1.82) is 0 Å². The third-order valence-electron chi connectivity index (χ3n) is 1.81. The molecule has 0 atom stereocenters. The van der Waals surface area contributed by atoms with Crippen molar-refractivity contribution < 1.29 is 13.6 Å². The van der Waals surface area contributed by atoms with Gasteiger partial charge in [-0.2, -0.15) is 0 Å². The van der Waals surface area contributed by atoms with Crippen molar-refractivity contribution in [2.24, 2.45) is 5.73 Å². The zero-order chi connectivity index (χ0) is 11.0. The van der Waals surface area contributed by atoms with Gasteiger partial charge in [-0.25, -0.2) is 8.78 Å². The van der Waals surface area contributed by atoms with E-state index in [0.29, 0.717) is 0 Å². The molecule has 3 nitrogen and oxygen atoms in total. The molecule has 2 N–H and O–H groups in total. The average molecular weight is 204 g/mol. The number of likely N-dealkylation sites (tertiary alicyclic amines) is 1. The molecule has 0 aromatic rings. The summed E-state index contributed by atoms with van der Waals surface area (Å²) in [6.07, 6.45) is 2.75. The summed E-state index contributed by atoms with van der Waals surface area (Å²) in [6.45, 7) is 2.48. The van der Waals surface area contributed by atoms with E-state index in [9.17, 15) is 13.6 Å². The summed E-state index contributed by atoms with van der Waals surface area (Å²) in [5, 5.41) is 0. The van der Waals surface area contributed by atoms with Crippen LogP contribution in [0.5, 0.6) is 0 Å². The smallest absolute Gasteiger partial charge is 0.282 e. The van der Waals surface area contributed by atoms with Crippen LogP contribution in [0, 0.1) is 0 Å². The molecule has 0 aromatic carbocycles. The van der Waals surface area contributed by atoms with Gasteiger partial charge in [-0.3, -0.25) is 4.79 Å². The van der Waals surface area contributed by atoms with E-state index >= 15 is 0 Å². The second-order valence-corrected chi connectivity index (χ2v) is 4.20. The summed E-state index contributed by atoms with van der Waals surface area (Å²) in [5.41, 5.74) is 5.00. The van der Waals surface area contributed by atoms with E-state index in [1.165, 1.54) is 12.2 Å². The summed E-state index contributed by atoms with van der Waals surface area (Å²) in [6, 6.07) is 0. The van der Waals surface area contributed by atoms with Crippen LogP contribution in [0.3, 0.4) is 0 Å². The van der Waals surface area contributed by atoms with Gasteiger partial charge in [0.1, 0.15) is 0 Å². The van der Waals surface area contributed by atoms with Crippen molar-refractivity contribution in [3.63, 3.8) is 0 Å². The molecule has 0 aliphatic carbocycles. The molecule has 80 valence electrons. The van der Waals surface area contributed by atoms with Crippen molar-refractivity contribution in [2.75, 3.05) is 13.1 Å². The molecule has 1 fully saturated rings. The Morgan fingerprint density at radius 2 is 2.00 bits per heavy atom. The molecule has 0 unspecified atom stereocenters. The number of nitrogens with two attached hydrogens (primary N) is 1. The van der Waals surface area contributed by atoms with Gasteiger partial charge in [0.15, 0.2) is 0 Å². The predicted molar refractivity (Wildman–Crippen MR) is 48.9 cm³/mol. The molecule has 0 spiro atoms.